The van der Waals surface area contributed by atoms with Crippen LogP contribution in [0, 0.1) is 11.2 Å². The van der Waals surface area contributed by atoms with Crippen LogP contribution < -0.4 is 5.32 Å². The predicted molar refractivity (Wildman–Crippen MR) is 78.8 cm³/mol. The van der Waals surface area contributed by atoms with Gasteiger partial charge in [0.25, 0.3) is 0 Å². The highest BCUT2D eigenvalue weighted by molar-refractivity contribution is 9.10. The first-order valence-electron chi connectivity index (χ1n) is 6.88. The zero-order valence-electron chi connectivity index (χ0n) is 11.3. The van der Waals surface area contributed by atoms with Crippen molar-refractivity contribution in [2.45, 2.75) is 26.2 Å². The zero-order valence-corrected chi connectivity index (χ0v) is 12.9. The highest BCUT2D eigenvalue weighted by atomic mass is 79.9. The molecule has 1 aromatic rings. The van der Waals surface area contributed by atoms with Gasteiger partial charge in [0.2, 0.25) is 0 Å². The maximum atomic E-state index is 13.3. The molecule has 1 aliphatic heterocycles. The van der Waals surface area contributed by atoms with E-state index in [-0.39, 0.29) is 11.2 Å². The van der Waals surface area contributed by atoms with Crippen LogP contribution in [0.25, 0.3) is 0 Å². The van der Waals surface area contributed by atoms with Crippen LogP contribution in [-0.2, 0) is 11.2 Å². The van der Waals surface area contributed by atoms with Gasteiger partial charge in [-0.15, -0.1) is 0 Å². The number of ether oxygens (including phenoxy) is 1. The summed E-state index contributed by atoms with van der Waals surface area (Å²) in [5.41, 5.74) is 1.31. The zero-order chi connectivity index (χ0) is 13.7. The summed E-state index contributed by atoms with van der Waals surface area (Å²) in [6.07, 6.45) is 3.20. The number of hydrogen-bond acceptors (Lipinski definition) is 2. The summed E-state index contributed by atoms with van der Waals surface area (Å²) < 4.78 is 19.5. The van der Waals surface area contributed by atoms with Crippen molar-refractivity contribution in [2.24, 2.45) is 5.41 Å². The molecule has 0 spiro atoms. The van der Waals surface area contributed by atoms with Crippen LogP contribution in [0.1, 0.15) is 25.3 Å². The fraction of sp³-hybridized carbons (Fsp3) is 0.600. The van der Waals surface area contributed by atoms with E-state index in [0.717, 1.165) is 51.1 Å². The molecule has 1 aromatic carbocycles. The minimum atomic E-state index is -0.204. The topological polar surface area (TPSA) is 21.3 Å². The minimum absolute atomic E-state index is 0.144. The van der Waals surface area contributed by atoms with Gasteiger partial charge in [-0.2, -0.15) is 0 Å². The first-order valence-corrected chi connectivity index (χ1v) is 7.67. The van der Waals surface area contributed by atoms with Crippen molar-refractivity contribution >= 4 is 15.9 Å². The van der Waals surface area contributed by atoms with Crippen molar-refractivity contribution in [3.05, 3.63) is 34.1 Å². The van der Waals surface area contributed by atoms with Crippen LogP contribution in [0.2, 0.25) is 0 Å². The summed E-state index contributed by atoms with van der Waals surface area (Å²) in [7, 11) is 0. The number of hydrogen-bond donors (Lipinski definition) is 1. The van der Waals surface area contributed by atoms with E-state index in [1.54, 1.807) is 0 Å². The van der Waals surface area contributed by atoms with E-state index in [1.807, 2.05) is 12.1 Å². The van der Waals surface area contributed by atoms with E-state index in [2.05, 4.69) is 28.2 Å². The molecule has 1 saturated heterocycles. The van der Waals surface area contributed by atoms with Crippen LogP contribution in [0.4, 0.5) is 4.39 Å². The molecule has 0 bridgehead atoms. The number of rotatable bonds is 5. The molecule has 4 heteroatoms. The average Bonchev–Trinajstić information content (AvgIpc) is 2.42. The SMILES string of the molecule is CCNCC1(Cc2ccc(F)c(Br)c2)CCCOC1. The van der Waals surface area contributed by atoms with Crippen molar-refractivity contribution in [2.75, 3.05) is 26.3 Å². The van der Waals surface area contributed by atoms with Gasteiger partial charge in [-0.3, -0.25) is 0 Å². The lowest BCUT2D eigenvalue weighted by Crippen LogP contribution is -2.42. The molecule has 1 N–H and O–H groups in total. The standard InChI is InChI=1S/C15H21BrFNO/c1-2-18-10-15(6-3-7-19-11-15)9-12-4-5-14(17)13(16)8-12/h4-5,8,18H,2-3,6-7,9-11H2,1H3. The molecule has 1 fully saturated rings. The Labute approximate surface area is 122 Å². The molecule has 1 unspecified atom stereocenters. The van der Waals surface area contributed by atoms with E-state index in [9.17, 15) is 4.39 Å². The quantitative estimate of drug-likeness (QED) is 0.892. The largest absolute Gasteiger partial charge is 0.381 e. The molecular weight excluding hydrogens is 309 g/mol. The van der Waals surface area contributed by atoms with Crippen molar-refractivity contribution in [3.8, 4) is 0 Å². The summed E-state index contributed by atoms with van der Waals surface area (Å²) in [6.45, 7) is 5.69. The fourth-order valence-corrected chi connectivity index (χ4v) is 3.15. The third-order valence-electron chi connectivity index (χ3n) is 3.72. The number of benzene rings is 1. The molecule has 2 rings (SSSR count). The van der Waals surface area contributed by atoms with E-state index >= 15 is 0 Å². The second kappa shape index (κ2) is 6.82. The maximum Gasteiger partial charge on any atom is 0.137 e. The summed E-state index contributed by atoms with van der Waals surface area (Å²) in [6, 6.07) is 5.30. The molecule has 1 atom stereocenters. The Balaban J connectivity index is 2.12. The van der Waals surface area contributed by atoms with Crippen LogP contribution >= 0.6 is 15.9 Å². The van der Waals surface area contributed by atoms with Crippen LogP contribution in [0.3, 0.4) is 0 Å². The van der Waals surface area contributed by atoms with Gasteiger partial charge in [-0.05, 0) is 59.4 Å². The monoisotopic (exact) mass is 329 g/mol. The molecule has 0 saturated carbocycles. The Morgan fingerprint density at radius 2 is 2.32 bits per heavy atom. The smallest absolute Gasteiger partial charge is 0.137 e. The third kappa shape index (κ3) is 4.01. The molecule has 0 radical (unpaired) electrons. The lowest BCUT2D eigenvalue weighted by molar-refractivity contribution is -0.00691. The van der Waals surface area contributed by atoms with Gasteiger partial charge in [0, 0.05) is 18.6 Å². The second-order valence-corrected chi connectivity index (χ2v) is 6.22. The summed E-state index contributed by atoms with van der Waals surface area (Å²) in [5, 5.41) is 3.44. The molecule has 0 aliphatic carbocycles. The molecule has 2 nitrogen and oxygen atoms in total. The van der Waals surface area contributed by atoms with E-state index < -0.39 is 0 Å². The Hall–Kier alpha value is -0.450. The van der Waals surface area contributed by atoms with Gasteiger partial charge >= 0.3 is 0 Å². The maximum absolute atomic E-state index is 13.3. The average molecular weight is 330 g/mol. The van der Waals surface area contributed by atoms with Crippen molar-refractivity contribution in [3.63, 3.8) is 0 Å². The van der Waals surface area contributed by atoms with Gasteiger partial charge in [0.1, 0.15) is 5.82 Å². The molecule has 1 heterocycles. The van der Waals surface area contributed by atoms with E-state index in [0.29, 0.717) is 4.47 Å². The van der Waals surface area contributed by atoms with Crippen molar-refractivity contribution in [1.82, 2.24) is 5.32 Å². The Bertz CT molecular complexity index is 419. The van der Waals surface area contributed by atoms with Gasteiger partial charge in [0.15, 0.2) is 0 Å². The first kappa shape index (κ1) is 14.9. The highest BCUT2D eigenvalue weighted by Crippen LogP contribution is 2.33. The van der Waals surface area contributed by atoms with Crippen LogP contribution in [0.5, 0.6) is 0 Å². The van der Waals surface area contributed by atoms with Crippen molar-refractivity contribution < 1.29 is 9.13 Å². The normalized spacial score (nSPS) is 23.5. The summed E-state index contributed by atoms with van der Waals surface area (Å²) in [4.78, 5) is 0. The summed E-state index contributed by atoms with van der Waals surface area (Å²) >= 11 is 3.26. The Morgan fingerprint density at radius 3 is 2.95 bits per heavy atom. The molecular formula is C15H21BrFNO. The second-order valence-electron chi connectivity index (χ2n) is 5.36. The molecule has 0 amide bonds. The van der Waals surface area contributed by atoms with Crippen LogP contribution in [0.15, 0.2) is 22.7 Å². The van der Waals surface area contributed by atoms with Gasteiger partial charge in [0.05, 0.1) is 11.1 Å². The summed E-state index contributed by atoms with van der Waals surface area (Å²) in [5.74, 6) is -0.204. The van der Waals surface area contributed by atoms with E-state index in [1.165, 1.54) is 6.07 Å². The number of halogens is 2. The predicted octanol–water partition coefficient (Wildman–Crippen LogP) is 3.54. The van der Waals surface area contributed by atoms with Crippen LogP contribution in [-0.4, -0.2) is 26.3 Å². The van der Waals surface area contributed by atoms with Gasteiger partial charge in [-0.25, -0.2) is 4.39 Å². The first-order chi connectivity index (χ1) is 9.15. The Morgan fingerprint density at radius 1 is 1.47 bits per heavy atom. The highest BCUT2D eigenvalue weighted by Gasteiger charge is 2.32. The lowest BCUT2D eigenvalue weighted by atomic mass is 9.77. The van der Waals surface area contributed by atoms with Crippen molar-refractivity contribution in [1.29, 1.82) is 0 Å². The van der Waals surface area contributed by atoms with Gasteiger partial charge < -0.3 is 10.1 Å². The molecule has 19 heavy (non-hydrogen) atoms. The van der Waals surface area contributed by atoms with E-state index in [4.69, 9.17) is 4.74 Å². The Kier molecular flexibility index (Phi) is 5.37. The molecule has 0 aromatic heterocycles. The molecule has 1 aliphatic rings. The molecule has 106 valence electrons. The fourth-order valence-electron chi connectivity index (χ4n) is 2.72. The lowest BCUT2D eigenvalue weighted by Gasteiger charge is -2.37. The third-order valence-corrected chi connectivity index (χ3v) is 4.32. The number of nitrogens with one attached hydrogen (secondary N) is 1. The minimum Gasteiger partial charge on any atom is -0.381 e. The van der Waals surface area contributed by atoms with Gasteiger partial charge in [-0.1, -0.05) is 13.0 Å².